The second kappa shape index (κ2) is 11.0. The third kappa shape index (κ3) is 10.8. The molecule has 0 aromatic heterocycles. The summed E-state index contributed by atoms with van der Waals surface area (Å²) in [6, 6.07) is 1.32. The van der Waals surface area contributed by atoms with Gasteiger partial charge in [-0.05, 0) is 52.7 Å². The summed E-state index contributed by atoms with van der Waals surface area (Å²) in [5.41, 5.74) is 0. The molecule has 0 atom stereocenters. The van der Waals surface area contributed by atoms with Crippen molar-refractivity contribution in [3.8, 4) is 0 Å². The van der Waals surface area contributed by atoms with Crippen molar-refractivity contribution >= 4 is 0 Å². The lowest BCUT2D eigenvalue weighted by molar-refractivity contribution is 0.212. The summed E-state index contributed by atoms with van der Waals surface area (Å²) in [4.78, 5) is 2.63. The molecule has 0 amide bonds. The van der Waals surface area contributed by atoms with Gasteiger partial charge in [0.25, 0.3) is 0 Å². The summed E-state index contributed by atoms with van der Waals surface area (Å²) < 4.78 is 0. The standard InChI is InChI=1S/C15H34N2/c1-6-7-9-12-17(15(4)5)13-10-8-11-16-14(2)3/h14-16H,6-13H2,1-5H3. The van der Waals surface area contributed by atoms with Gasteiger partial charge in [0.1, 0.15) is 0 Å². The predicted molar refractivity (Wildman–Crippen MR) is 78.6 cm³/mol. The van der Waals surface area contributed by atoms with Crippen LogP contribution in [0.15, 0.2) is 0 Å². The van der Waals surface area contributed by atoms with E-state index in [1.54, 1.807) is 0 Å². The van der Waals surface area contributed by atoms with Crippen LogP contribution in [-0.2, 0) is 0 Å². The number of rotatable bonds is 11. The molecular weight excluding hydrogens is 208 g/mol. The Bertz CT molecular complexity index is 155. The Morgan fingerprint density at radius 3 is 1.94 bits per heavy atom. The minimum atomic E-state index is 0.626. The fourth-order valence-corrected chi connectivity index (χ4v) is 2.02. The van der Waals surface area contributed by atoms with Crippen molar-refractivity contribution < 1.29 is 0 Å². The SMILES string of the molecule is CCCCCN(CCCCNC(C)C)C(C)C. The maximum atomic E-state index is 3.48. The molecule has 0 saturated carbocycles. The Hall–Kier alpha value is -0.0800. The van der Waals surface area contributed by atoms with Gasteiger partial charge in [0, 0.05) is 12.1 Å². The van der Waals surface area contributed by atoms with E-state index >= 15 is 0 Å². The summed E-state index contributed by atoms with van der Waals surface area (Å²) in [5, 5.41) is 3.48. The molecule has 0 radical (unpaired) electrons. The first-order valence-corrected chi connectivity index (χ1v) is 7.55. The molecule has 0 aliphatic rings. The summed E-state index contributed by atoms with van der Waals surface area (Å²) in [5.74, 6) is 0. The van der Waals surface area contributed by atoms with Crippen molar-refractivity contribution in [3.63, 3.8) is 0 Å². The highest BCUT2D eigenvalue weighted by atomic mass is 15.1. The average molecular weight is 242 g/mol. The highest BCUT2D eigenvalue weighted by molar-refractivity contribution is 4.64. The fraction of sp³-hybridized carbons (Fsp3) is 1.00. The van der Waals surface area contributed by atoms with Crippen molar-refractivity contribution in [3.05, 3.63) is 0 Å². The van der Waals surface area contributed by atoms with Gasteiger partial charge >= 0.3 is 0 Å². The summed E-state index contributed by atoms with van der Waals surface area (Å²) in [6.45, 7) is 15.0. The van der Waals surface area contributed by atoms with Gasteiger partial charge in [-0.25, -0.2) is 0 Å². The predicted octanol–water partition coefficient (Wildman–Crippen LogP) is 3.67. The Morgan fingerprint density at radius 1 is 0.882 bits per heavy atom. The van der Waals surface area contributed by atoms with Gasteiger partial charge < -0.3 is 10.2 Å². The molecule has 17 heavy (non-hydrogen) atoms. The van der Waals surface area contributed by atoms with Crippen molar-refractivity contribution in [1.29, 1.82) is 0 Å². The molecule has 0 aromatic rings. The van der Waals surface area contributed by atoms with Gasteiger partial charge in [0.05, 0.1) is 0 Å². The second-order valence-corrected chi connectivity index (χ2v) is 5.65. The van der Waals surface area contributed by atoms with E-state index in [1.807, 2.05) is 0 Å². The van der Waals surface area contributed by atoms with E-state index in [1.165, 1.54) is 51.7 Å². The third-order valence-corrected chi connectivity index (χ3v) is 3.20. The first-order valence-electron chi connectivity index (χ1n) is 7.55. The zero-order valence-corrected chi connectivity index (χ0v) is 12.8. The summed E-state index contributed by atoms with van der Waals surface area (Å²) >= 11 is 0. The molecule has 2 nitrogen and oxygen atoms in total. The molecule has 0 spiro atoms. The fourth-order valence-electron chi connectivity index (χ4n) is 2.02. The van der Waals surface area contributed by atoms with E-state index < -0.39 is 0 Å². The summed E-state index contributed by atoms with van der Waals surface area (Å²) in [7, 11) is 0. The lowest BCUT2D eigenvalue weighted by Crippen LogP contribution is -2.33. The van der Waals surface area contributed by atoms with Gasteiger partial charge in [0.2, 0.25) is 0 Å². The molecule has 0 saturated heterocycles. The minimum absolute atomic E-state index is 0.626. The molecule has 0 bridgehead atoms. The second-order valence-electron chi connectivity index (χ2n) is 5.65. The topological polar surface area (TPSA) is 15.3 Å². The van der Waals surface area contributed by atoms with Gasteiger partial charge in [-0.1, -0.05) is 33.6 Å². The molecule has 1 N–H and O–H groups in total. The first kappa shape index (κ1) is 16.9. The smallest absolute Gasteiger partial charge is 0.00385 e. The van der Waals surface area contributed by atoms with Crippen LogP contribution in [0.4, 0.5) is 0 Å². The summed E-state index contributed by atoms with van der Waals surface area (Å²) in [6.07, 6.45) is 6.68. The van der Waals surface area contributed by atoms with Crippen molar-refractivity contribution in [2.45, 2.75) is 78.8 Å². The monoisotopic (exact) mass is 242 g/mol. The van der Waals surface area contributed by atoms with E-state index in [2.05, 4.69) is 44.8 Å². The highest BCUT2D eigenvalue weighted by Crippen LogP contribution is 2.05. The van der Waals surface area contributed by atoms with Crippen LogP contribution in [0, 0.1) is 0 Å². The van der Waals surface area contributed by atoms with Gasteiger partial charge in [-0.15, -0.1) is 0 Å². The maximum absolute atomic E-state index is 3.48. The maximum Gasteiger partial charge on any atom is 0.00385 e. The Labute approximate surface area is 109 Å². The van der Waals surface area contributed by atoms with E-state index in [0.29, 0.717) is 12.1 Å². The zero-order valence-electron chi connectivity index (χ0n) is 12.8. The average Bonchev–Trinajstić information content (AvgIpc) is 2.25. The number of nitrogens with zero attached hydrogens (tertiary/aromatic N) is 1. The molecule has 2 heteroatoms. The lowest BCUT2D eigenvalue weighted by atomic mass is 10.2. The van der Waals surface area contributed by atoms with Crippen LogP contribution < -0.4 is 5.32 Å². The Balaban J connectivity index is 3.56. The quantitative estimate of drug-likeness (QED) is 0.556. The largest absolute Gasteiger partial charge is 0.315 e. The first-order chi connectivity index (χ1) is 8.07. The lowest BCUT2D eigenvalue weighted by Gasteiger charge is -2.26. The van der Waals surface area contributed by atoms with Crippen LogP contribution in [0.5, 0.6) is 0 Å². The number of hydrogen-bond acceptors (Lipinski definition) is 2. The number of nitrogens with one attached hydrogen (secondary N) is 1. The molecule has 104 valence electrons. The molecule has 0 fully saturated rings. The van der Waals surface area contributed by atoms with E-state index in [9.17, 15) is 0 Å². The van der Waals surface area contributed by atoms with Crippen LogP contribution >= 0.6 is 0 Å². The molecule has 0 aliphatic heterocycles. The molecule has 0 heterocycles. The van der Waals surface area contributed by atoms with Crippen LogP contribution in [0.25, 0.3) is 0 Å². The number of hydrogen-bond donors (Lipinski definition) is 1. The van der Waals surface area contributed by atoms with Crippen molar-refractivity contribution in [2.75, 3.05) is 19.6 Å². The van der Waals surface area contributed by atoms with E-state index in [4.69, 9.17) is 0 Å². The van der Waals surface area contributed by atoms with E-state index in [0.717, 1.165) is 0 Å². The van der Waals surface area contributed by atoms with Crippen LogP contribution in [0.1, 0.15) is 66.7 Å². The van der Waals surface area contributed by atoms with Crippen LogP contribution in [0.3, 0.4) is 0 Å². The van der Waals surface area contributed by atoms with Gasteiger partial charge in [-0.2, -0.15) is 0 Å². The zero-order chi connectivity index (χ0) is 13.1. The normalized spacial score (nSPS) is 12.0. The van der Waals surface area contributed by atoms with Crippen LogP contribution in [0.2, 0.25) is 0 Å². The molecular formula is C15H34N2. The number of unbranched alkanes of at least 4 members (excludes halogenated alkanes) is 3. The van der Waals surface area contributed by atoms with Crippen molar-refractivity contribution in [2.24, 2.45) is 0 Å². The molecule has 0 aromatic carbocycles. The molecule has 0 aliphatic carbocycles. The molecule has 0 unspecified atom stereocenters. The third-order valence-electron chi connectivity index (χ3n) is 3.20. The minimum Gasteiger partial charge on any atom is -0.315 e. The highest BCUT2D eigenvalue weighted by Gasteiger charge is 2.07. The molecule has 0 rings (SSSR count). The van der Waals surface area contributed by atoms with Crippen molar-refractivity contribution in [1.82, 2.24) is 10.2 Å². The Morgan fingerprint density at radius 2 is 1.47 bits per heavy atom. The van der Waals surface area contributed by atoms with E-state index in [-0.39, 0.29) is 0 Å². The Kier molecular flexibility index (Phi) is 11.0. The van der Waals surface area contributed by atoms with Gasteiger partial charge in [-0.3, -0.25) is 0 Å². The van der Waals surface area contributed by atoms with Gasteiger partial charge in [0.15, 0.2) is 0 Å². The van der Waals surface area contributed by atoms with Crippen LogP contribution in [-0.4, -0.2) is 36.6 Å².